The fraction of sp³-hybridized carbons (Fsp3) is 0.217. The summed E-state index contributed by atoms with van der Waals surface area (Å²) in [6, 6.07) is 17.4. The number of hydrogen-bond acceptors (Lipinski definition) is 5. The summed E-state index contributed by atoms with van der Waals surface area (Å²) in [7, 11) is -3.85. The zero-order chi connectivity index (χ0) is 21.5. The van der Waals surface area contributed by atoms with E-state index in [1.807, 2.05) is 24.3 Å². The second kappa shape index (κ2) is 7.57. The maximum absolute atomic E-state index is 12.9. The molecule has 0 bridgehead atoms. The molecule has 0 saturated carbocycles. The number of anilines is 1. The van der Waals surface area contributed by atoms with Gasteiger partial charge in [-0.1, -0.05) is 62.4 Å². The van der Waals surface area contributed by atoms with E-state index in [9.17, 15) is 18.0 Å². The first-order chi connectivity index (χ1) is 14.3. The molecule has 0 unspecified atom stereocenters. The van der Waals surface area contributed by atoms with Gasteiger partial charge < -0.3 is 4.74 Å². The number of ether oxygens (including phenoxy) is 1. The van der Waals surface area contributed by atoms with Crippen molar-refractivity contribution >= 4 is 38.2 Å². The lowest BCUT2D eigenvalue weighted by atomic mass is 10.0. The minimum Gasteiger partial charge on any atom is -0.456 e. The van der Waals surface area contributed by atoms with Crippen molar-refractivity contribution in [2.45, 2.75) is 24.7 Å². The maximum Gasteiger partial charge on any atom is 0.327 e. The Bertz CT molecular complexity index is 1240. The lowest BCUT2D eigenvalue weighted by Crippen LogP contribution is -2.34. The smallest absolute Gasteiger partial charge is 0.327 e. The van der Waals surface area contributed by atoms with E-state index in [0.29, 0.717) is 22.6 Å². The van der Waals surface area contributed by atoms with Crippen LogP contribution in [0.15, 0.2) is 65.6 Å². The Labute approximate surface area is 175 Å². The molecule has 7 heteroatoms. The second-order valence-corrected chi connectivity index (χ2v) is 9.33. The van der Waals surface area contributed by atoms with Crippen molar-refractivity contribution in [3.05, 3.63) is 71.8 Å². The molecule has 0 saturated heterocycles. The number of hydrogen-bond donors (Lipinski definition) is 0. The standard InChI is InChI=1S/C23H21NO5S/c1-15(2)16-9-11-17(12-10-16)20(25)14-29-22(26)13-24-19-7-3-5-18-6-4-8-21(23(18)19)30(24,27)28/h3-12,15H,13-14H2,1-2H3. The van der Waals surface area contributed by atoms with Gasteiger partial charge in [-0.25, -0.2) is 8.42 Å². The fourth-order valence-corrected chi connectivity index (χ4v) is 5.23. The van der Waals surface area contributed by atoms with Crippen LogP contribution in [0, 0.1) is 0 Å². The van der Waals surface area contributed by atoms with Gasteiger partial charge in [-0.2, -0.15) is 0 Å². The third kappa shape index (κ3) is 3.45. The van der Waals surface area contributed by atoms with Gasteiger partial charge >= 0.3 is 5.97 Å². The van der Waals surface area contributed by atoms with Gasteiger partial charge in [-0.05, 0) is 29.0 Å². The Kier molecular flexibility index (Phi) is 5.07. The lowest BCUT2D eigenvalue weighted by Gasteiger charge is -2.17. The predicted octanol–water partition coefficient (Wildman–Crippen LogP) is 3.90. The molecule has 3 aromatic rings. The van der Waals surface area contributed by atoms with E-state index in [1.54, 1.807) is 30.3 Å². The van der Waals surface area contributed by atoms with Crippen LogP contribution in [0.5, 0.6) is 0 Å². The van der Waals surface area contributed by atoms with E-state index in [1.165, 1.54) is 6.07 Å². The number of carbonyl (C=O) groups excluding carboxylic acids is 2. The molecule has 0 N–H and O–H groups in total. The highest BCUT2D eigenvalue weighted by Crippen LogP contribution is 2.41. The Morgan fingerprint density at radius 3 is 2.30 bits per heavy atom. The van der Waals surface area contributed by atoms with Crippen molar-refractivity contribution in [3.8, 4) is 0 Å². The van der Waals surface area contributed by atoms with Gasteiger partial charge in [-0.15, -0.1) is 0 Å². The largest absolute Gasteiger partial charge is 0.456 e. The van der Waals surface area contributed by atoms with Crippen molar-refractivity contribution in [2.24, 2.45) is 0 Å². The summed E-state index contributed by atoms with van der Waals surface area (Å²) in [6.45, 7) is 3.19. The van der Waals surface area contributed by atoms with Crippen molar-refractivity contribution in [3.63, 3.8) is 0 Å². The summed E-state index contributed by atoms with van der Waals surface area (Å²) in [5, 5.41) is 1.37. The molecule has 3 aromatic carbocycles. The Balaban J connectivity index is 1.46. The summed E-state index contributed by atoms with van der Waals surface area (Å²) in [5.74, 6) is -0.771. The van der Waals surface area contributed by atoms with Crippen LogP contribution >= 0.6 is 0 Å². The van der Waals surface area contributed by atoms with E-state index < -0.39 is 29.1 Å². The van der Waals surface area contributed by atoms with E-state index >= 15 is 0 Å². The molecule has 0 atom stereocenters. The number of Topliss-reactive ketones (excluding diaryl/α,β-unsaturated/α-hetero) is 1. The molecule has 30 heavy (non-hydrogen) atoms. The molecule has 0 radical (unpaired) electrons. The minimum absolute atomic E-state index is 0.171. The van der Waals surface area contributed by atoms with E-state index in [4.69, 9.17) is 4.74 Å². The number of esters is 1. The lowest BCUT2D eigenvalue weighted by molar-refractivity contribution is -0.140. The highest BCUT2D eigenvalue weighted by molar-refractivity contribution is 7.93. The van der Waals surface area contributed by atoms with Crippen LogP contribution < -0.4 is 4.31 Å². The van der Waals surface area contributed by atoms with Crippen molar-refractivity contribution < 1.29 is 22.7 Å². The Morgan fingerprint density at radius 2 is 1.63 bits per heavy atom. The molecule has 0 aromatic heterocycles. The summed E-state index contributed by atoms with van der Waals surface area (Å²) in [5.41, 5.74) is 1.99. The Hall–Kier alpha value is -3.19. The van der Waals surface area contributed by atoms with Crippen molar-refractivity contribution in [1.29, 1.82) is 0 Å². The maximum atomic E-state index is 12.9. The van der Waals surface area contributed by atoms with Gasteiger partial charge in [0.05, 0.1) is 10.6 Å². The molecule has 154 valence electrons. The van der Waals surface area contributed by atoms with Crippen LogP contribution in [0.25, 0.3) is 10.8 Å². The van der Waals surface area contributed by atoms with Gasteiger partial charge in [0.25, 0.3) is 10.0 Å². The van der Waals surface area contributed by atoms with Crippen molar-refractivity contribution in [1.82, 2.24) is 0 Å². The fourth-order valence-electron chi connectivity index (χ4n) is 3.57. The van der Waals surface area contributed by atoms with Gasteiger partial charge in [0.15, 0.2) is 12.4 Å². The number of ketones is 1. The monoisotopic (exact) mass is 423 g/mol. The normalized spacial score (nSPS) is 14.3. The second-order valence-electron chi connectivity index (χ2n) is 7.50. The quantitative estimate of drug-likeness (QED) is 0.444. The van der Waals surface area contributed by atoms with E-state index in [-0.39, 0.29) is 10.7 Å². The molecular weight excluding hydrogens is 402 g/mol. The Morgan fingerprint density at radius 1 is 0.967 bits per heavy atom. The van der Waals surface area contributed by atoms with Crippen LogP contribution in [0.1, 0.15) is 35.7 Å². The van der Waals surface area contributed by atoms with Crippen LogP contribution in [-0.4, -0.2) is 33.3 Å². The third-order valence-electron chi connectivity index (χ3n) is 5.22. The zero-order valence-corrected chi connectivity index (χ0v) is 17.5. The van der Waals surface area contributed by atoms with Gasteiger partial charge in [-0.3, -0.25) is 13.9 Å². The number of benzene rings is 3. The average molecular weight is 423 g/mol. The molecule has 4 rings (SSSR count). The van der Waals surface area contributed by atoms with E-state index in [2.05, 4.69) is 13.8 Å². The summed E-state index contributed by atoms with van der Waals surface area (Å²) in [6.07, 6.45) is 0. The third-order valence-corrected chi connectivity index (χ3v) is 7.02. The van der Waals surface area contributed by atoms with E-state index in [0.717, 1.165) is 15.3 Å². The first-order valence-corrected chi connectivity index (χ1v) is 11.1. The SMILES string of the molecule is CC(C)c1ccc(C(=O)COC(=O)CN2c3cccc4cccc(c34)S2(=O)=O)cc1. The van der Waals surface area contributed by atoms with Crippen molar-refractivity contribution in [2.75, 3.05) is 17.5 Å². The zero-order valence-electron chi connectivity index (χ0n) is 16.7. The molecule has 0 spiro atoms. The summed E-state index contributed by atoms with van der Waals surface area (Å²) >= 11 is 0. The molecule has 0 amide bonds. The van der Waals surface area contributed by atoms with Crippen LogP contribution in [-0.2, 0) is 19.6 Å². The number of rotatable bonds is 6. The number of sulfonamides is 1. The molecule has 6 nitrogen and oxygen atoms in total. The molecule has 0 aliphatic carbocycles. The van der Waals surface area contributed by atoms with Crippen LogP contribution in [0.2, 0.25) is 0 Å². The van der Waals surface area contributed by atoms with Crippen LogP contribution in [0.3, 0.4) is 0 Å². The molecule has 1 aliphatic heterocycles. The first kappa shape index (κ1) is 20.1. The minimum atomic E-state index is -3.85. The highest BCUT2D eigenvalue weighted by Gasteiger charge is 2.37. The predicted molar refractivity (Wildman–Crippen MR) is 114 cm³/mol. The van der Waals surface area contributed by atoms with Gasteiger partial charge in [0.1, 0.15) is 6.54 Å². The van der Waals surface area contributed by atoms with Crippen LogP contribution in [0.4, 0.5) is 5.69 Å². The molecule has 1 heterocycles. The van der Waals surface area contributed by atoms with Gasteiger partial charge in [0, 0.05) is 10.9 Å². The average Bonchev–Trinajstić information content (AvgIpc) is 2.95. The number of nitrogens with zero attached hydrogens (tertiary/aromatic N) is 1. The molecule has 1 aliphatic rings. The summed E-state index contributed by atoms with van der Waals surface area (Å²) in [4.78, 5) is 24.8. The number of carbonyl (C=O) groups is 2. The van der Waals surface area contributed by atoms with Gasteiger partial charge in [0.2, 0.25) is 0 Å². The topological polar surface area (TPSA) is 80.8 Å². The molecular formula is C23H21NO5S. The highest BCUT2D eigenvalue weighted by atomic mass is 32.2. The molecule has 0 fully saturated rings. The summed E-state index contributed by atoms with van der Waals surface area (Å²) < 4.78 is 31.9. The first-order valence-electron chi connectivity index (χ1n) is 9.62.